The van der Waals surface area contributed by atoms with Crippen LogP contribution in [0.4, 0.5) is 0 Å². The molecule has 1 aliphatic carbocycles. The Morgan fingerprint density at radius 1 is 0.938 bits per heavy atom. The predicted molar refractivity (Wildman–Crippen MR) is 126 cm³/mol. The van der Waals surface area contributed by atoms with Gasteiger partial charge in [-0.15, -0.1) is 5.10 Å². The standard InChI is InChI=1S/C25H28N4O2S/c32-25-28(16-27-14-6-8-18-7-4-5-11-21(18)27)26-24(29(25)20-9-2-1-3-10-20)19-12-13-22-23(15-19)31-17-30-22/h1-3,9-10,12-13,15,18,21H,4-8,11,14,16-17H2/t18-,21+/m1/s1. The van der Waals surface area contributed by atoms with Gasteiger partial charge in [-0.05, 0) is 74.2 Å². The van der Waals surface area contributed by atoms with Crippen molar-refractivity contribution in [3.63, 3.8) is 0 Å². The molecular formula is C25H28N4O2S. The highest BCUT2D eigenvalue weighted by Gasteiger charge is 2.33. The summed E-state index contributed by atoms with van der Waals surface area (Å²) in [6.07, 6.45) is 8.02. The van der Waals surface area contributed by atoms with Crippen LogP contribution in [0.5, 0.6) is 11.5 Å². The Morgan fingerprint density at radius 3 is 2.66 bits per heavy atom. The molecule has 0 amide bonds. The van der Waals surface area contributed by atoms with Crippen LogP contribution in [0.2, 0.25) is 0 Å². The molecule has 2 fully saturated rings. The monoisotopic (exact) mass is 448 g/mol. The molecule has 7 heteroatoms. The molecule has 3 aromatic rings. The molecule has 0 unspecified atom stereocenters. The summed E-state index contributed by atoms with van der Waals surface area (Å²) in [7, 11) is 0. The van der Waals surface area contributed by atoms with Gasteiger partial charge in [0.25, 0.3) is 0 Å². The first kappa shape index (κ1) is 20.0. The van der Waals surface area contributed by atoms with Crippen molar-refractivity contribution in [2.24, 2.45) is 5.92 Å². The topological polar surface area (TPSA) is 44.5 Å². The Kier molecular flexibility index (Phi) is 5.23. The number of hydrogen-bond acceptors (Lipinski definition) is 5. The van der Waals surface area contributed by atoms with E-state index in [1.54, 1.807) is 0 Å². The van der Waals surface area contributed by atoms with Gasteiger partial charge in [-0.1, -0.05) is 31.0 Å². The van der Waals surface area contributed by atoms with Crippen molar-refractivity contribution < 1.29 is 9.47 Å². The number of benzene rings is 2. The smallest absolute Gasteiger partial charge is 0.231 e. The molecule has 1 saturated heterocycles. The minimum atomic E-state index is 0.260. The van der Waals surface area contributed by atoms with Gasteiger partial charge in [0, 0.05) is 23.8 Å². The first-order valence-electron chi connectivity index (χ1n) is 11.7. The fourth-order valence-electron chi connectivity index (χ4n) is 5.61. The first-order valence-corrected chi connectivity index (χ1v) is 12.1. The molecule has 32 heavy (non-hydrogen) atoms. The quantitative estimate of drug-likeness (QED) is 0.499. The number of rotatable bonds is 4. The molecule has 0 bridgehead atoms. The molecule has 6 nitrogen and oxygen atoms in total. The van der Waals surface area contributed by atoms with Crippen LogP contribution in [0, 0.1) is 10.7 Å². The van der Waals surface area contributed by atoms with Crippen LogP contribution in [0.25, 0.3) is 17.1 Å². The summed E-state index contributed by atoms with van der Waals surface area (Å²) in [5, 5.41) is 5.05. The van der Waals surface area contributed by atoms with E-state index in [0.717, 1.165) is 52.5 Å². The second-order valence-electron chi connectivity index (χ2n) is 9.05. The fourth-order valence-corrected chi connectivity index (χ4v) is 5.90. The highest BCUT2D eigenvalue weighted by molar-refractivity contribution is 7.71. The van der Waals surface area contributed by atoms with E-state index in [9.17, 15) is 0 Å². The Morgan fingerprint density at radius 2 is 1.75 bits per heavy atom. The Balaban J connectivity index is 1.41. The summed E-state index contributed by atoms with van der Waals surface area (Å²) in [5.41, 5.74) is 1.99. The van der Waals surface area contributed by atoms with E-state index in [-0.39, 0.29) is 6.79 Å². The van der Waals surface area contributed by atoms with Crippen molar-refractivity contribution in [2.45, 2.75) is 51.2 Å². The number of aromatic nitrogens is 3. The van der Waals surface area contributed by atoms with Crippen LogP contribution in [0.3, 0.4) is 0 Å². The lowest BCUT2D eigenvalue weighted by Crippen LogP contribution is -2.47. The van der Waals surface area contributed by atoms with Crippen molar-refractivity contribution in [2.75, 3.05) is 13.3 Å². The highest BCUT2D eigenvalue weighted by Crippen LogP contribution is 2.37. The maximum absolute atomic E-state index is 5.99. The second-order valence-corrected chi connectivity index (χ2v) is 9.42. The molecule has 6 rings (SSSR count). The van der Waals surface area contributed by atoms with E-state index in [4.69, 9.17) is 26.8 Å². The minimum absolute atomic E-state index is 0.260. The Labute approximate surface area is 193 Å². The van der Waals surface area contributed by atoms with E-state index in [1.165, 1.54) is 38.5 Å². The van der Waals surface area contributed by atoms with Crippen molar-refractivity contribution in [3.8, 4) is 28.6 Å². The normalized spacial score (nSPS) is 22.6. The van der Waals surface area contributed by atoms with Crippen molar-refractivity contribution in [1.82, 2.24) is 19.2 Å². The summed E-state index contributed by atoms with van der Waals surface area (Å²) in [5.74, 6) is 3.19. The maximum atomic E-state index is 5.99. The van der Waals surface area contributed by atoms with E-state index < -0.39 is 0 Å². The van der Waals surface area contributed by atoms with Crippen LogP contribution >= 0.6 is 12.2 Å². The largest absolute Gasteiger partial charge is 0.454 e. The summed E-state index contributed by atoms with van der Waals surface area (Å²) in [6, 6.07) is 16.9. The molecule has 0 spiro atoms. The number of para-hydroxylation sites is 1. The van der Waals surface area contributed by atoms with Gasteiger partial charge in [0.2, 0.25) is 11.6 Å². The van der Waals surface area contributed by atoms with Crippen molar-refractivity contribution in [3.05, 3.63) is 53.3 Å². The van der Waals surface area contributed by atoms with Crippen LogP contribution in [0.15, 0.2) is 48.5 Å². The second kappa shape index (κ2) is 8.37. The van der Waals surface area contributed by atoms with Gasteiger partial charge in [-0.3, -0.25) is 9.47 Å². The number of ether oxygens (including phenoxy) is 2. The van der Waals surface area contributed by atoms with Crippen molar-refractivity contribution in [1.29, 1.82) is 0 Å². The number of fused-ring (bicyclic) bond motifs is 2. The third-order valence-corrected chi connectivity index (χ3v) is 7.55. The lowest BCUT2D eigenvalue weighted by atomic mass is 9.78. The van der Waals surface area contributed by atoms with Gasteiger partial charge in [-0.2, -0.15) is 0 Å². The minimum Gasteiger partial charge on any atom is -0.454 e. The zero-order valence-electron chi connectivity index (χ0n) is 18.2. The van der Waals surface area contributed by atoms with Gasteiger partial charge in [-0.25, -0.2) is 4.68 Å². The zero-order chi connectivity index (χ0) is 21.5. The summed E-state index contributed by atoms with van der Waals surface area (Å²) in [6.45, 7) is 2.13. The Hall–Kier alpha value is -2.64. The third kappa shape index (κ3) is 3.53. The number of hydrogen-bond donors (Lipinski definition) is 0. The molecule has 0 N–H and O–H groups in total. The third-order valence-electron chi connectivity index (χ3n) is 7.16. The van der Waals surface area contributed by atoms with Crippen LogP contribution < -0.4 is 9.47 Å². The summed E-state index contributed by atoms with van der Waals surface area (Å²) in [4.78, 5) is 2.62. The Bertz CT molecular complexity index is 1170. The molecule has 166 valence electrons. The maximum Gasteiger partial charge on any atom is 0.231 e. The number of likely N-dealkylation sites (tertiary alicyclic amines) is 1. The highest BCUT2D eigenvalue weighted by atomic mass is 32.1. The SMILES string of the molecule is S=c1n(CN2CCC[C@H]3CCCC[C@@H]32)nc(-c2ccc3c(c2)OCO3)n1-c1ccccc1. The van der Waals surface area contributed by atoms with Crippen LogP contribution in [0.1, 0.15) is 38.5 Å². The molecule has 2 atom stereocenters. The summed E-state index contributed by atoms with van der Waals surface area (Å²) < 4.78 is 15.9. The van der Waals surface area contributed by atoms with E-state index in [2.05, 4.69) is 21.6 Å². The fraction of sp³-hybridized carbons (Fsp3) is 0.440. The molecule has 2 aromatic carbocycles. The number of piperidine rings is 1. The molecule has 1 saturated carbocycles. The van der Waals surface area contributed by atoms with Gasteiger partial charge < -0.3 is 9.47 Å². The average molecular weight is 449 g/mol. The van der Waals surface area contributed by atoms with Crippen LogP contribution in [-0.2, 0) is 6.67 Å². The van der Waals surface area contributed by atoms with E-state index in [1.807, 2.05) is 41.1 Å². The molecule has 0 radical (unpaired) electrons. The van der Waals surface area contributed by atoms with Gasteiger partial charge >= 0.3 is 0 Å². The lowest BCUT2D eigenvalue weighted by molar-refractivity contribution is 0.0324. The summed E-state index contributed by atoms with van der Waals surface area (Å²) >= 11 is 5.99. The molecule has 3 aliphatic rings. The number of nitrogens with zero attached hydrogens (tertiary/aromatic N) is 4. The van der Waals surface area contributed by atoms with E-state index in [0.29, 0.717) is 6.04 Å². The molecule has 2 aliphatic heterocycles. The lowest BCUT2D eigenvalue weighted by Gasteiger charge is -2.43. The van der Waals surface area contributed by atoms with Gasteiger partial charge in [0.05, 0.1) is 6.67 Å². The molecular weight excluding hydrogens is 420 g/mol. The van der Waals surface area contributed by atoms with Gasteiger partial charge in [0.15, 0.2) is 17.3 Å². The van der Waals surface area contributed by atoms with Gasteiger partial charge in [0.1, 0.15) is 0 Å². The average Bonchev–Trinajstić information content (AvgIpc) is 3.44. The first-order chi connectivity index (χ1) is 15.8. The van der Waals surface area contributed by atoms with E-state index >= 15 is 0 Å². The molecule has 3 heterocycles. The molecule has 1 aromatic heterocycles. The van der Waals surface area contributed by atoms with Crippen molar-refractivity contribution >= 4 is 12.2 Å². The zero-order valence-corrected chi connectivity index (χ0v) is 19.0. The predicted octanol–water partition coefficient (Wildman–Crippen LogP) is 5.41. The van der Waals surface area contributed by atoms with Crippen LogP contribution in [-0.4, -0.2) is 38.6 Å².